The van der Waals surface area contributed by atoms with Crippen molar-refractivity contribution < 1.29 is 18.7 Å². The number of Topliss-reactive ketones (excluding diaryl/α,β-unsaturated/α-hetero) is 1. The van der Waals surface area contributed by atoms with E-state index >= 15 is 4.39 Å². The Balaban J connectivity index is 1.28. The number of ether oxygens (including phenoxy) is 1. The van der Waals surface area contributed by atoms with Crippen molar-refractivity contribution in [2.45, 2.75) is 140 Å². The topological polar surface area (TPSA) is 88.5 Å². The van der Waals surface area contributed by atoms with E-state index in [0.29, 0.717) is 18.4 Å². The second-order valence-corrected chi connectivity index (χ2v) is 13.5. The Morgan fingerprint density at radius 1 is 1.14 bits per heavy atom. The Kier molecular flexibility index (Phi) is 9.34. The Bertz CT molecular complexity index is 1110. The first-order valence-electron chi connectivity index (χ1n) is 16.8. The molecule has 3 heterocycles. The molecular formula is C33H50FN5O3. The summed E-state index contributed by atoms with van der Waals surface area (Å²) in [5.74, 6) is 0.0989. The standard InChI is InChI=1S/C33H50FN5O3/c1-3-8-22(9-4-2)37-33(41)25-19-39-29-23-11-6-5-10-21(23)12-13-27(29)42-32-28(26(34)18-24(30(32)39)31(25)40)36-14-7-16-38-17-15-35-20-38/h15,17,19-24,26-30,32,36H,3-14,16,18H2,1-2H3,(H,37,41). The van der Waals surface area contributed by atoms with Crippen molar-refractivity contribution in [1.82, 2.24) is 25.1 Å². The highest BCUT2D eigenvalue weighted by molar-refractivity contribution is 6.20. The van der Waals surface area contributed by atoms with E-state index in [4.69, 9.17) is 4.74 Å². The van der Waals surface area contributed by atoms with Crippen LogP contribution in [0, 0.1) is 17.8 Å². The summed E-state index contributed by atoms with van der Waals surface area (Å²) in [5, 5.41) is 6.69. The largest absolute Gasteiger partial charge is 0.369 e. The van der Waals surface area contributed by atoms with E-state index in [9.17, 15) is 9.59 Å². The van der Waals surface area contributed by atoms with Crippen LogP contribution in [-0.4, -0.2) is 75.2 Å². The maximum Gasteiger partial charge on any atom is 0.256 e. The molecule has 0 bridgehead atoms. The summed E-state index contributed by atoms with van der Waals surface area (Å²) in [5.41, 5.74) is 0.227. The monoisotopic (exact) mass is 583 g/mol. The Hall–Kier alpha value is -2.26. The van der Waals surface area contributed by atoms with Crippen LogP contribution in [0.1, 0.15) is 90.9 Å². The number of fused-ring (bicyclic) bond motifs is 4. The third kappa shape index (κ3) is 5.80. The van der Waals surface area contributed by atoms with Gasteiger partial charge >= 0.3 is 0 Å². The predicted molar refractivity (Wildman–Crippen MR) is 159 cm³/mol. The summed E-state index contributed by atoms with van der Waals surface area (Å²) in [6, 6.07) is -0.519. The molecule has 0 aromatic carbocycles. The van der Waals surface area contributed by atoms with Crippen molar-refractivity contribution in [2.24, 2.45) is 17.8 Å². The minimum atomic E-state index is -1.21. The van der Waals surface area contributed by atoms with Gasteiger partial charge in [-0.1, -0.05) is 46.0 Å². The maximum atomic E-state index is 16.1. The Morgan fingerprint density at radius 2 is 1.95 bits per heavy atom. The van der Waals surface area contributed by atoms with Crippen LogP contribution in [0.4, 0.5) is 4.39 Å². The van der Waals surface area contributed by atoms with Gasteiger partial charge in [-0.3, -0.25) is 9.59 Å². The van der Waals surface area contributed by atoms with E-state index in [-0.39, 0.29) is 47.9 Å². The lowest BCUT2D eigenvalue weighted by atomic mass is 9.63. The van der Waals surface area contributed by atoms with Crippen LogP contribution in [0.15, 0.2) is 30.5 Å². The van der Waals surface area contributed by atoms with Crippen LogP contribution in [0.5, 0.6) is 0 Å². The lowest BCUT2D eigenvalue weighted by Gasteiger charge is -2.62. The highest BCUT2D eigenvalue weighted by Crippen LogP contribution is 2.51. The van der Waals surface area contributed by atoms with Crippen molar-refractivity contribution in [3.05, 3.63) is 30.5 Å². The number of ketones is 1. The molecule has 2 N–H and O–H groups in total. The van der Waals surface area contributed by atoms with Gasteiger partial charge in [0.15, 0.2) is 5.78 Å². The summed E-state index contributed by atoms with van der Waals surface area (Å²) < 4.78 is 25.0. The predicted octanol–water partition coefficient (Wildman–Crippen LogP) is 4.55. The SMILES string of the molecule is CCCC(CCC)NC(=O)C1=CN2C3C(CCC4CCCCC43)OC3C(NCCCn4ccnc4)C(F)CC(C1=O)C32. The van der Waals surface area contributed by atoms with E-state index in [2.05, 4.69) is 34.4 Å². The van der Waals surface area contributed by atoms with Gasteiger partial charge in [-0.2, -0.15) is 0 Å². The molecule has 1 aromatic heterocycles. The van der Waals surface area contributed by atoms with Gasteiger partial charge in [0.1, 0.15) is 6.17 Å². The molecule has 4 fully saturated rings. The number of hydrogen-bond donors (Lipinski definition) is 2. The molecule has 5 aliphatic rings. The number of aromatic nitrogens is 2. The number of alkyl halides is 1. The van der Waals surface area contributed by atoms with Crippen molar-refractivity contribution in [2.75, 3.05) is 6.54 Å². The number of morpholine rings is 1. The average Bonchev–Trinajstić information content (AvgIpc) is 3.51. The Labute approximate surface area is 250 Å². The molecular weight excluding hydrogens is 533 g/mol. The normalized spacial score (nSPS) is 35.7. The number of hydrogen-bond acceptors (Lipinski definition) is 6. The lowest BCUT2D eigenvalue weighted by molar-refractivity contribution is -0.215. The van der Waals surface area contributed by atoms with Gasteiger partial charge in [0.25, 0.3) is 5.91 Å². The molecule has 1 amide bonds. The zero-order valence-corrected chi connectivity index (χ0v) is 25.4. The van der Waals surface area contributed by atoms with E-state index in [1.54, 1.807) is 12.5 Å². The third-order valence-electron chi connectivity index (χ3n) is 10.9. The second kappa shape index (κ2) is 13.2. The molecule has 3 aliphatic carbocycles. The zero-order valence-electron chi connectivity index (χ0n) is 25.4. The van der Waals surface area contributed by atoms with Gasteiger partial charge in [-0.15, -0.1) is 0 Å². The van der Waals surface area contributed by atoms with Crippen molar-refractivity contribution >= 4 is 11.7 Å². The average molecular weight is 584 g/mol. The number of aryl methyl sites for hydroxylation is 1. The van der Waals surface area contributed by atoms with Crippen LogP contribution in [0.2, 0.25) is 0 Å². The minimum Gasteiger partial charge on any atom is -0.369 e. The van der Waals surface area contributed by atoms with Gasteiger partial charge in [0.05, 0.1) is 42.2 Å². The first-order chi connectivity index (χ1) is 20.5. The molecule has 8 nitrogen and oxygen atoms in total. The molecule has 6 rings (SSSR count). The third-order valence-corrected chi connectivity index (χ3v) is 10.9. The van der Waals surface area contributed by atoms with Gasteiger partial charge in [0, 0.05) is 37.1 Å². The number of nitrogens with one attached hydrogen (secondary N) is 2. The smallest absolute Gasteiger partial charge is 0.256 e. The molecule has 9 unspecified atom stereocenters. The lowest BCUT2D eigenvalue weighted by Crippen LogP contribution is -2.74. The summed E-state index contributed by atoms with van der Waals surface area (Å²) in [6.07, 6.45) is 17.5. The summed E-state index contributed by atoms with van der Waals surface area (Å²) in [4.78, 5) is 34.2. The van der Waals surface area contributed by atoms with E-state index in [1.807, 2.05) is 17.0 Å². The van der Waals surface area contributed by atoms with Crippen LogP contribution in [0.3, 0.4) is 0 Å². The van der Waals surface area contributed by atoms with Gasteiger partial charge in [-0.25, -0.2) is 9.37 Å². The number of imidazole rings is 1. The Morgan fingerprint density at radius 3 is 2.71 bits per heavy atom. The number of carbonyl (C=O) groups is 2. The van der Waals surface area contributed by atoms with Gasteiger partial charge in [0.2, 0.25) is 0 Å². The highest BCUT2D eigenvalue weighted by atomic mass is 19.1. The number of rotatable bonds is 11. The van der Waals surface area contributed by atoms with Crippen molar-refractivity contribution in [3.8, 4) is 0 Å². The van der Waals surface area contributed by atoms with Gasteiger partial charge < -0.3 is 24.8 Å². The van der Waals surface area contributed by atoms with Crippen LogP contribution < -0.4 is 10.6 Å². The second-order valence-electron chi connectivity index (χ2n) is 13.5. The van der Waals surface area contributed by atoms with E-state index < -0.39 is 24.2 Å². The molecule has 0 spiro atoms. The molecule has 232 valence electrons. The first-order valence-corrected chi connectivity index (χ1v) is 16.8. The maximum absolute atomic E-state index is 16.1. The zero-order chi connectivity index (χ0) is 29.2. The summed E-state index contributed by atoms with van der Waals surface area (Å²) in [7, 11) is 0. The molecule has 0 radical (unpaired) electrons. The summed E-state index contributed by atoms with van der Waals surface area (Å²) >= 11 is 0. The van der Waals surface area contributed by atoms with Crippen LogP contribution >= 0.6 is 0 Å². The molecule has 1 saturated heterocycles. The molecule has 42 heavy (non-hydrogen) atoms. The van der Waals surface area contributed by atoms with Crippen LogP contribution in [0.25, 0.3) is 0 Å². The van der Waals surface area contributed by atoms with Crippen molar-refractivity contribution in [1.29, 1.82) is 0 Å². The summed E-state index contributed by atoms with van der Waals surface area (Å²) in [6.45, 7) is 5.71. The number of carbonyl (C=O) groups excluding carboxylic acids is 2. The van der Waals surface area contributed by atoms with Crippen molar-refractivity contribution in [3.63, 3.8) is 0 Å². The first kappa shape index (κ1) is 29.8. The number of halogens is 1. The molecule has 9 heteroatoms. The molecule has 2 aliphatic heterocycles. The fraction of sp³-hybridized carbons (Fsp3) is 0.788. The van der Waals surface area contributed by atoms with E-state index in [1.165, 1.54) is 19.3 Å². The number of nitrogens with zero attached hydrogens (tertiary/aromatic N) is 3. The number of amides is 1. The van der Waals surface area contributed by atoms with Crippen LogP contribution in [-0.2, 0) is 20.9 Å². The minimum absolute atomic E-state index is 0.00602. The fourth-order valence-electron chi connectivity index (χ4n) is 9.01. The van der Waals surface area contributed by atoms with E-state index in [0.717, 1.165) is 57.9 Å². The molecule has 3 saturated carbocycles. The quantitative estimate of drug-likeness (QED) is 0.294. The molecule has 9 atom stereocenters. The fourth-order valence-corrected chi connectivity index (χ4v) is 9.01. The molecule has 1 aromatic rings. The van der Waals surface area contributed by atoms with Gasteiger partial charge in [-0.05, 0) is 63.3 Å². The highest BCUT2D eigenvalue weighted by Gasteiger charge is 2.60.